The van der Waals surface area contributed by atoms with Gasteiger partial charge < -0.3 is 14.9 Å². The van der Waals surface area contributed by atoms with Crippen molar-refractivity contribution in [2.45, 2.75) is 33.1 Å². The normalized spacial score (nSPS) is 21.2. The van der Waals surface area contributed by atoms with Crippen LogP contribution in [0.25, 0.3) is 0 Å². The number of piperazine rings is 1. The molecule has 96 valence electrons. The first-order valence-electron chi connectivity index (χ1n) is 6.81. The van der Waals surface area contributed by atoms with Crippen LogP contribution in [0.3, 0.4) is 0 Å². The Hall–Kier alpha value is -0.120. The average Bonchev–Trinajstić information content (AvgIpc) is 2.30. The lowest BCUT2D eigenvalue weighted by Gasteiger charge is -2.34. The molecule has 1 saturated heterocycles. The third-order valence-electron chi connectivity index (χ3n) is 3.71. The molecule has 0 radical (unpaired) electrons. The fraction of sp³-hybridized carbons (Fsp3) is 1.00. The molecule has 1 heterocycles. The summed E-state index contributed by atoms with van der Waals surface area (Å²) in [5.74, 6) is 0.682. The molecule has 1 fully saturated rings. The van der Waals surface area contributed by atoms with Crippen LogP contribution in [0.5, 0.6) is 0 Å². The maximum absolute atomic E-state index is 8.83. The Morgan fingerprint density at radius 1 is 1.06 bits per heavy atom. The van der Waals surface area contributed by atoms with E-state index in [0.717, 1.165) is 6.42 Å². The Morgan fingerprint density at radius 3 is 2.25 bits per heavy atom. The van der Waals surface area contributed by atoms with E-state index in [0.29, 0.717) is 12.5 Å². The largest absolute Gasteiger partial charge is 0.396 e. The van der Waals surface area contributed by atoms with Crippen molar-refractivity contribution in [3.05, 3.63) is 0 Å². The zero-order valence-electron chi connectivity index (χ0n) is 11.0. The molecule has 0 amide bonds. The van der Waals surface area contributed by atoms with E-state index in [2.05, 4.69) is 23.6 Å². The number of hydrogen-bond donors (Lipinski definition) is 1. The van der Waals surface area contributed by atoms with E-state index in [1.165, 1.54) is 52.1 Å². The zero-order chi connectivity index (χ0) is 11.8. The van der Waals surface area contributed by atoms with E-state index in [-0.39, 0.29) is 0 Å². The first-order chi connectivity index (χ1) is 7.76. The van der Waals surface area contributed by atoms with Gasteiger partial charge in [-0.25, -0.2) is 0 Å². The van der Waals surface area contributed by atoms with Crippen LogP contribution < -0.4 is 0 Å². The Balaban J connectivity index is 2.02. The van der Waals surface area contributed by atoms with E-state index in [1.54, 1.807) is 0 Å². The average molecular weight is 228 g/mol. The molecule has 1 aliphatic rings. The Kier molecular flexibility index (Phi) is 7.01. The van der Waals surface area contributed by atoms with Crippen LogP contribution >= 0.6 is 0 Å². The van der Waals surface area contributed by atoms with Crippen molar-refractivity contribution in [2.75, 3.05) is 45.9 Å². The van der Waals surface area contributed by atoms with Gasteiger partial charge in [-0.05, 0) is 38.3 Å². The third-order valence-corrected chi connectivity index (χ3v) is 3.71. The van der Waals surface area contributed by atoms with Crippen LogP contribution in [0.4, 0.5) is 0 Å². The molecule has 1 atom stereocenters. The van der Waals surface area contributed by atoms with Gasteiger partial charge in [-0.2, -0.15) is 0 Å². The fourth-order valence-electron chi connectivity index (χ4n) is 2.36. The summed E-state index contributed by atoms with van der Waals surface area (Å²) in [6, 6.07) is 0. The SMILES string of the molecule is CCN1CCN(CCCC(C)CCO)CC1. The van der Waals surface area contributed by atoms with Crippen LogP contribution in [0, 0.1) is 5.92 Å². The molecule has 3 heteroatoms. The highest BCUT2D eigenvalue weighted by Crippen LogP contribution is 2.11. The van der Waals surface area contributed by atoms with E-state index in [9.17, 15) is 0 Å². The van der Waals surface area contributed by atoms with Crippen LogP contribution in [0.1, 0.15) is 33.1 Å². The Morgan fingerprint density at radius 2 is 1.69 bits per heavy atom. The molecule has 0 spiro atoms. The molecule has 0 aliphatic carbocycles. The van der Waals surface area contributed by atoms with Crippen molar-refractivity contribution in [1.82, 2.24) is 9.80 Å². The highest BCUT2D eigenvalue weighted by molar-refractivity contribution is 4.71. The lowest BCUT2D eigenvalue weighted by Crippen LogP contribution is -2.46. The smallest absolute Gasteiger partial charge is 0.0433 e. The van der Waals surface area contributed by atoms with Gasteiger partial charge in [-0.3, -0.25) is 0 Å². The molecular formula is C13H28N2O. The third kappa shape index (κ3) is 5.28. The molecule has 1 rings (SSSR count). The Bertz CT molecular complexity index is 167. The summed E-state index contributed by atoms with van der Waals surface area (Å²) >= 11 is 0. The van der Waals surface area contributed by atoms with E-state index in [1.807, 2.05) is 0 Å². The van der Waals surface area contributed by atoms with Gasteiger partial charge >= 0.3 is 0 Å². The number of hydrogen-bond acceptors (Lipinski definition) is 3. The first-order valence-corrected chi connectivity index (χ1v) is 6.81. The predicted octanol–water partition coefficient (Wildman–Crippen LogP) is 1.42. The first kappa shape index (κ1) is 13.9. The number of aliphatic hydroxyl groups excluding tert-OH is 1. The van der Waals surface area contributed by atoms with E-state index >= 15 is 0 Å². The van der Waals surface area contributed by atoms with Crippen molar-refractivity contribution in [2.24, 2.45) is 5.92 Å². The minimum atomic E-state index is 0.344. The molecule has 1 aliphatic heterocycles. The summed E-state index contributed by atoms with van der Waals surface area (Å²) in [4.78, 5) is 5.10. The van der Waals surface area contributed by atoms with Gasteiger partial charge in [0.2, 0.25) is 0 Å². The van der Waals surface area contributed by atoms with Gasteiger partial charge in [0.25, 0.3) is 0 Å². The van der Waals surface area contributed by atoms with Crippen molar-refractivity contribution < 1.29 is 5.11 Å². The van der Waals surface area contributed by atoms with Gasteiger partial charge in [0.15, 0.2) is 0 Å². The van der Waals surface area contributed by atoms with Gasteiger partial charge in [0.05, 0.1) is 0 Å². The summed E-state index contributed by atoms with van der Waals surface area (Å²) in [6.45, 7) is 12.2. The van der Waals surface area contributed by atoms with E-state index < -0.39 is 0 Å². The van der Waals surface area contributed by atoms with Crippen LogP contribution in [-0.4, -0.2) is 60.8 Å². The molecule has 0 aromatic carbocycles. The minimum absolute atomic E-state index is 0.344. The summed E-state index contributed by atoms with van der Waals surface area (Å²) in [7, 11) is 0. The maximum atomic E-state index is 8.83. The molecule has 1 N–H and O–H groups in total. The van der Waals surface area contributed by atoms with Crippen molar-refractivity contribution in [1.29, 1.82) is 0 Å². The molecular weight excluding hydrogens is 200 g/mol. The summed E-state index contributed by atoms with van der Waals surface area (Å²) < 4.78 is 0. The van der Waals surface area contributed by atoms with Crippen LogP contribution in [0.2, 0.25) is 0 Å². The standard InChI is InChI=1S/C13H28N2O/c1-3-14-8-10-15(11-9-14)7-4-5-13(2)6-12-16/h13,16H,3-12H2,1-2H3. The monoisotopic (exact) mass is 228 g/mol. The summed E-state index contributed by atoms with van der Waals surface area (Å²) in [5.41, 5.74) is 0. The van der Waals surface area contributed by atoms with Crippen molar-refractivity contribution in [3.8, 4) is 0 Å². The number of rotatable bonds is 7. The summed E-state index contributed by atoms with van der Waals surface area (Å²) in [6.07, 6.45) is 3.51. The predicted molar refractivity (Wildman–Crippen MR) is 68.7 cm³/mol. The zero-order valence-corrected chi connectivity index (χ0v) is 11.0. The van der Waals surface area contributed by atoms with Crippen molar-refractivity contribution in [3.63, 3.8) is 0 Å². The lowest BCUT2D eigenvalue weighted by molar-refractivity contribution is 0.133. The molecule has 0 saturated carbocycles. The molecule has 3 nitrogen and oxygen atoms in total. The second kappa shape index (κ2) is 8.04. The second-order valence-electron chi connectivity index (χ2n) is 5.04. The molecule has 16 heavy (non-hydrogen) atoms. The molecule has 1 unspecified atom stereocenters. The van der Waals surface area contributed by atoms with Crippen molar-refractivity contribution >= 4 is 0 Å². The van der Waals surface area contributed by atoms with Gasteiger partial charge in [0.1, 0.15) is 0 Å². The highest BCUT2D eigenvalue weighted by Gasteiger charge is 2.14. The summed E-state index contributed by atoms with van der Waals surface area (Å²) in [5, 5.41) is 8.83. The minimum Gasteiger partial charge on any atom is -0.396 e. The molecule has 0 aromatic rings. The van der Waals surface area contributed by atoms with Crippen LogP contribution in [-0.2, 0) is 0 Å². The molecule has 0 bridgehead atoms. The van der Waals surface area contributed by atoms with Crippen LogP contribution in [0.15, 0.2) is 0 Å². The van der Waals surface area contributed by atoms with Gasteiger partial charge in [0, 0.05) is 32.8 Å². The topological polar surface area (TPSA) is 26.7 Å². The number of likely N-dealkylation sites (N-methyl/N-ethyl adjacent to an activating group) is 1. The fourth-order valence-corrected chi connectivity index (χ4v) is 2.36. The molecule has 0 aromatic heterocycles. The lowest BCUT2D eigenvalue weighted by atomic mass is 10.0. The Labute approximate surface area is 100 Å². The second-order valence-corrected chi connectivity index (χ2v) is 5.04. The quantitative estimate of drug-likeness (QED) is 0.714. The number of aliphatic hydroxyl groups is 1. The van der Waals surface area contributed by atoms with E-state index in [4.69, 9.17) is 5.11 Å². The maximum Gasteiger partial charge on any atom is 0.0433 e. The van der Waals surface area contributed by atoms with Gasteiger partial charge in [-0.15, -0.1) is 0 Å². The van der Waals surface area contributed by atoms with Gasteiger partial charge in [-0.1, -0.05) is 13.8 Å². The highest BCUT2D eigenvalue weighted by atomic mass is 16.3. The number of nitrogens with zero attached hydrogens (tertiary/aromatic N) is 2.